The van der Waals surface area contributed by atoms with Crippen molar-refractivity contribution in [2.75, 3.05) is 50.4 Å². The predicted octanol–water partition coefficient (Wildman–Crippen LogP) is 3.54. The number of nitrogen functional groups attached to an aromatic ring is 1. The molecule has 0 aliphatic carbocycles. The second-order valence-corrected chi connectivity index (χ2v) is 10.9. The van der Waals surface area contributed by atoms with Crippen LogP contribution in [0.1, 0.15) is 16.8 Å². The lowest BCUT2D eigenvalue weighted by Gasteiger charge is -2.35. The van der Waals surface area contributed by atoms with Gasteiger partial charge >= 0.3 is 6.01 Å². The van der Waals surface area contributed by atoms with Gasteiger partial charge in [-0.1, -0.05) is 18.2 Å². The third-order valence-corrected chi connectivity index (χ3v) is 8.14. The third-order valence-electron chi connectivity index (χ3n) is 7.79. The van der Waals surface area contributed by atoms with Crippen molar-refractivity contribution < 1.29 is 18.7 Å². The first-order chi connectivity index (χ1) is 21.2. The van der Waals surface area contributed by atoms with Gasteiger partial charge in [-0.15, -0.1) is 5.10 Å². The number of pyridine rings is 1. The number of benzene rings is 1. The molecule has 5 heterocycles. The number of carbonyl (C=O) groups excluding carboxylic acids is 1. The molecule has 1 saturated heterocycles. The number of likely N-dealkylation sites (N-methyl/N-ethyl adjacent to an activating group) is 1. The molecule has 3 aromatic heterocycles. The number of ether oxygens (including phenoxy) is 2. The van der Waals surface area contributed by atoms with E-state index in [1.54, 1.807) is 15.6 Å². The maximum atomic E-state index is 14.6. The van der Waals surface area contributed by atoms with E-state index in [2.05, 4.69) is 33.6 Å². The molecular weight excluding hydrogens is 591 g/mol. The number of aromatic nitrogens is 5. The summed E-state index contributed by atoms with van der Waals surface area (Å²) in [5.74, 6) is -0.190. The van der Waals surface area contributed by atoms with Crippen LogP contribution in [0.15, 0.2) is 31.0 Å². The molecule has 0 atom stereocenters. The van der Waals surface area contributed by atoms with Crippen LogP contribution >= 0.6 is 11.6 Å². The van der Waals surface area contributed by atoms with Gasteiger partial charge in [-0.2, -0.15) is 9.97 Å². The van der Waals surface area contributed by atoms with E-state index in [1.165, 1.54) is 12.3 Å². The highest BCUT2D eigenvalue weighted by Gasteiger charge is 2.28. The Morgan fingerprint density at radius 2 is 1.93 bits per heavy atom. The number of carbonyl (C=O) groups is 1. The van der Waals surface area contributed by atoms with Crippen molar-refractivity contribution in [2.45, 2.75) is 13.0 Å². The summed E-state index contributed by atoms with van der Waals surface area (Å²) in [6, 6.07) is 2.77. The second-order valence-electron chi connectivity index (χ2n) is 10.6. The van der Waals surface area contributed by atoms with Gasteiger partial charge < -0.3 is 35.3 Å². The van der Waals surface area contributed by atoms with Crippen molar-refractivity contribution in [3.8, 4) is 23.5 Å². The molecule has 228 valence electrons. The maximum absolute atomic E-state index is 14.6. The number of rotatable bonds is 7. The maximum Gasteiger partial charge on any atom is 0.326 e. The Hall–Kier alpha value is -4.82. The molecule has 6 rings (SSSR count). The lowest BCUT2D eigenvalue weighted by molar-refractivity contribution is -0.126. The third kappa shape index (κ3) is 5.26. The minimum absolute atomic E-state index is 0.00639. The second kappa shape index (κ2) is 11.7. The highest BCUT2D eigenvalue weighted by molar-refractivity contribution is 6.33. The quantitative estimate of drug-likeness (QED) is 0.178. The first-order valence-electron chi connectivity index (χ1n) is 13.9. The highest BCUT2D eigenvalue weighted by Crippen LogP contribution is 2.40. The van der Waals surface area contributed by atoms with Gasteiger partial charge in [0.05, 0.1) is 16.6 Å². The zero-order chi connectivity index (χ0) is 31.1. The smallest absolute Gasteiger partial charge is 0.326 e. The monoisotopic (exact) mass is 620 g/mol. The summed E-state index contributed by atoms with van der Waals surface area (Å²) in [6.45, 7) is 7.06. The van der Waals surface area contributed by atoms with Crippen LogP contribution in [-0.2, 0) is 24.8 Å². The number of piperazine rings is 1. The number of nitrogens with one attached hydrogen (secondary N) is 1. The summed E-state index contributed by atoms with van der Waals surface area (Å²) in [4.78, 5) is 32.0. The normalized spacial score (nSPS) is 15.3. The van der Waals surface area contributed by atoms with Crippen LogP contribution in [-0.4, -0.2) is 86.4 Å². The Bertz CT molecular complexity index is 1800. The van der Waals surface area contributed by atoms with Gasteiger partial charge in [0.2, 0.25) is 17.7 Å². The molecule has 44 heavy (non-hydrogen) atoms. The van der Waals surface area contributed by atoms with E-state index < -0.39 is 5.82 Å². The van der Waals surface area contributed by atoms with E-state index in [9.17, 15) is 9.18 Å². The van der Waals surface area contributed by atoms with Gasteiger partial charge in [0, 0.05) is 70.0 Å². The van der Waals surface area contributed by atoms with Crippen molar-refractivity contribution in [3.05, 3.63) is 58.6 Å². The van der Waals surface area contributed by atoms with Crippen LogP contribution in [0.4, 0.5) is 15.9 Å². The Morgan fingerprint density at radius 3 is 2.66 bits per heavy atom. The topological polar surface area (TPSA) is 152 Å². The molecule has 1 fully saturated rings. The number of fused-ring (bicyclic) bond motifs is 2. The fourth-order valence-corrected chi connectivity index (χ4v) is 5.63. The predicted molar refractivity (Wildman–Crippen MR) is 163 cm³/mol. The van der Waals surface area contributed by atoms with Gasteiger partial charge in [0.25, 0.3) is 0 Å². The molecule has 2 aliphatic heterocycles. The van der Waals surface area contributed by atoms with E-state index in [1.807, 2.05) is 11.9 Å². The molecule has 2 aliphatic rings. The van der Waals surface area contributed by atoms with Gasteiger partial charge in [-0.25, -0.2) is 9.37 Å². The highest BCUT2D eigenvalue weighted by atomic mass is 35.5. The Morgan fingerprint density at radius 1 is 1.16 bits per heavy atom. The first-order valence-corrected chi connectivity index (χ1v) is 14.3. The Balaban J connectivity index is 1.46. The van der Waals surface area contributed by atoms with Gasteiger partial charge in [0.15, 0.2) is 5.75 Å². The molecule has 0 unspecified atom stereocenters. The number of anilines is 2. The van der Waals surface area contributed by atoms with Crippen LogP contribution in [0.3, 0.4) is 0 Å². The molecule has 4 aromatic rings. The standard InChI is InChI=1S/C29H30ClFN10O3/c1-4-22(42)40-9-11-41(12-10-40)26-17-5-7-34-28(43-25-18(14-32)20(33)13-19(31)23(25)30)24(17)35-29(36-26)44-27-16-6-8-38(2)15-21(16)39(3)37-27/h4-5,7,13-14,32H,1,6,8-12,15,33H2,2-3H3. The number of nitrogens with zero attached hydrogens (tertiary/aromatic N) is 8. The molecule has 13 nitrogen and oxygen atoms in total. The average Bonchev–Trinajstić information content (AvgIpc) is 3.32. The summed E-state index contributed by atoms with van der Waals surface area (Å²) in [5.41, 5.74) is 8.31. The zero-order valence-electron chi connectivity index (χ0n) is 24.2. The molecular formula is C29H30ClFN10O3. The van der Waals surface area contributed by atoms with Crippen LogP contribution in [0.2, 0.25) is 5.02 Å². The first kappa shape index (κ1) is 29.3. The Labute approximate surface area is 257 Å². The molecule has 0 saturated carbocycles. The summed E-state index contributed by atoms with van der Waals surface area (Å²) < 4.78 is 28.7. The van der Waals surface area contributed by atoms with Crippen molar-refractivity contribution in [2.24, 2.45) is 7.05 Å². The molecule has 15 heteroatoms. The van der Waals surface area contributed by atoms with Crippen molar-refractivity contribution >= 4 is 46.1 Å². The van der Waals surface area contributed by atoms with Crippen molar-refractivity contribution in [1.82, 2.24) is 34.5 Å². The van der Waals surface area contributed by atoms with Gasteiger partial charge in [-0.05, 0) is 31.7 Å². The summed E-state index contributed by atoms with van der Waals surface area (Å²) in [6.07, 6.45) is 4.49. The van der Waals surface area contributed by atoms with E-state index in [0.717, 1.165) is 43.0 Å². The number of nitrogens with two attached hydrogens (primary N) is 1. The SMILES string of the molecule is C=CC(=O)N1CCN(c2nc(Oc3nn(C)c4c3CCN(C)C4)nc3c(Oc4c(Cl)c(F)cc(N)c4C=N)nccc23)CC1. The number of aryl methyl sites for hydroxylation is 1. The lowest BCUT2D eigenvalue weighted by Crippen LogP contribution is -2.48. The van der Waals surface area contributed by atoms with Crippen LogP contribution in [0, 0.1) is 11.2 Å². The fraction of sp³-hybridized carbons (Fsp3) is 0.310. The Kier molecular flexibility index (Phi) is 7.78. The van der Waals surface area contributed by atoms with E-state index >= 15 is 0 Å². The summed E-state index contributed by atoms with van der Waals surface area (Å²) in [7, 11) is 3.92. The van der Waals surface area contributed by atoms with Crippen LogP contribution < -0.4 is 20.1 Å². The average molecular weight is 621 g/mol. The van der Waals surface area contributed by atoms with Gasteiger partial charge in [-0.3, -0.25) is 9.48 Å². The van der Waals surface area contributed by atoms with Crippen LogP contribution in [0.25, 0.3) is 10.9 Å². The number of amides is 1. The van der Waals surface area contributed by atoms with Gasteiger partial charge in [0.1, 0.15) is 22.2 Å². The van der Waals surface area contributed by atoms with E-state index in [4.69, 9.17) is 37.2 Å². The minimum Gasteiger partial charge on any atom is -0.434 e. The van der Waals surface area contributed by atoms with Crippen molar-refractivity contribution in [3.63, 3.8) is 0 Å². The lowest BCUT2D eigenvalue weighted by atomic mass is 10.1. The number of hydrogen-bond donors (Lipinski definition) is 2. The number of halogens is 2. The summed E-state index contributed by atoms with van der Waals surface area (Å²) >= 11 is 6.27. The molecule has 1 aromatic carbocycles. The molecule has 0 radical (unpaired) electrons. The molecule has 3 N–H and O–H groups in total. The molecule has 1 amide bonds. The molecule has 0 bridgehead atoms. The van der Waals surface area contributed by atoms with Crippen molar-refractivity contribution in [1.29, 1.82) is 5.41 Å². The molecule has 0 spiro atoms. The minimum atomic E-state index is -0.804. The largest absolute Gasteiger partial charge is 0.434 e. The fourth-order valence-electron chi connectivity index (χ4n) is 5.44. The summed E-state index contributed by atoms with van der Waals surface area (Å²) in [5, 5.41) is 12.6. The van der Waals surface area contributed by atoms with E-state index in [0.29, 0.717) is 43.3 Å². The zero-order valence-corrected chi connectivity index (χ0v) is 24.9. The van der Waals surface area contributed by atoms with E-state index in [-0.39, 0.29) is 45.3 Å². The number of hydrogen-bond acceptors (Lipinski definition) is 11. The van der Waals surface area contributed by atoms with Crippen LogP contribution in [0.5, 0.6) is 23.5 Å².